The zero-order valence-electron chi connectivity index (χ0n) is 8.61. The Bertz CT molecular complexity index is 369. The molecule has 0 aliphatic heterocycles. The van der Waals surface area contributed by atoms with Crippen LogP contribution in [-0.4, -0.2) is 0 Å². The third-order valence-corrected chi connectivity index (χ3v) is 2.36. The zero-order valence-corrected chi connectivity index (χ0v) is 14.0. The van der Waals surface area contributed by atoms with Gasteiger partial charge in [-0.1, -0.05) is 41.4 Å². The van der Waals surface area contributed by atoms with Crippen molar-refractivity contribution in [3.05, 3.63) is 64.6 Å². The van der Waals surface area contributed by atoms with E-state index in [0.29, 0.717) is 0 Å². The van der Waals surface area contributed by atoms with Crippen LogP contribution in [0.25, 0.3) is 0 Å². The molecule has 0 heterocycles. The van der Waals surface area contributed by atoms with Crippen molar-refractivity contribution >= 4 is 35.8 Å². The van der Waals surface area contributed by atoms with E-state index in [1.165, 1.54) is 0 Å². The number of thiol groups is 1. The molecule has 2 rings (SSSR count). The van der Waals surface area contributed by atoms with Crippen LogP contribution in [0.4, 0.5) is 0 Å². The third kappa shape index (κ3) is 7.30. The van der Waals surface area contributed by atoms with Crippen molar-refractivity contribution in [2.75, 3.05) is 0 Å². The zero-order chi connectivity index (χ0) is 11.1. The van der Waals surface area contributed by atoms with E-state index < -0.39 is 0 Å². The van der Waals surface area contributed by atoms with Crippen molar-refractivity contribution in [2.45, 2.75) is 4.90 Å². The van der Waals surface area contributed by atoms with Crippen LogP contribution in [0.3, 0.4) is 0 Å². The smallest absolute Gasteiger partial charge is 0.0407 e. The molecule has 0 radical (unpaired) electrons. The maximum Gasteiger partial charge on any atom is 0.0407 e. The van der Waals surface area contributed by atoms with Crippen molar-refractivity contribution in [2.24, 2.45) is 0 Å². The number of halogens is 2. The summed E-state index contributed by atoms with van der Waals surface area (Å²) >= 11 is 15.2. The minimum absolute atomic E-state index is 0. The van der Waals surface area contributed by atoms with E-state index in [9.17, 15) is 0 Å². The summed E-state index contributed by atoms with van der Waals surface area (Å²) in [5.74, 6) is 0. The second-order valence-electron chi connectivity index (χ2n) is 2.77. The summed E-state index contributed by atoms with van der Waals surface area (Å²) in [5.41, 5.74) is 0. The standard InChI is InChI=1S/C6H4Cl2.C6H6S.Zn/c7-5-1-2-6(8)4-3-5;7-6-4-2-1-3-5-6;/h1-4H;1-5,7H;. The van der Waals surface area contributed by atoms with E-state index >= 15 is 0 Å². The SMILES string of the molecule is Clc1ccc(Cl)cc1.Sc1ccccc1.[Zn]. The van der Waals surface area contributed by atoms with Gasteiger partial charge < -0.3 is 0 Å². The maximum atomic E-state index is 5.55. The van der Waals surface area contributed by atoms with Crippen molar-refractivity contribution in [1.29, 1.82) is 0 Å². The molecule has 0 aliphatic rings. The van der Waals surface area contributed by atoms with Gasteiger partial charge >= 0.3 is 0 Å². The Morgan fingerprint density at radius 2 is 1.06 bits per heavy atom. The molecule has 0 nitrogen and oxygen atoms in total. The predicted molar refractivity (Wildman–Crippen MR) is 70.2 cm³/mol. The fourth-order valence-electron chi connectivity index (χ4n) is 0.858. The Balaban J connectivity index is 0.000000267. The number of hydrogen-bond donors (Lipinski definition) is 1. The van der Waals surface area contributed by atoms with Crippen molar-refractivity contribution in [3.63, 3.8) is 0 Å². The molecule has 0 N–H and O–H groups in total. The molecule has 0 unspecified atom stereocenters. The van der Waals surface area contributed by atoms with Crippen LogP contribution < -0.4 is 0 Å². The average Bonchev–Trinajstić information content (AvgIpc) is 2.25. The number of rotatable bonds is 0. The summed E-state index contributed by atoms with van der Waals surface area (Å²) in [6, 6.07) is 16.8. The molecule has 0 atom stereocenters. The van der Waals surface area contributed by atoms with Crippen LogP contribution in [-0.2, 0) is 19.5 Å². The fourth-order valence-corrected chi connectivity index (χ4v) is 1.28. The van der Waals surface area contributed by atoms with E-state index in [2.05, 4.69) is 12.6 Å². The molecule has 0 amide bonds. The minimum atomic E-state index is 0. The summed E-state index contributed by atoms with van der Waals surface area (Å²) in [6.07, 6.45) is 0. The van der Waals surface area contributed by atoms with E-state index in [1.54, 1.807) is 24.3 Å². The largest absolute Gasteiger partial charge is 0.143 e. The second kappa shape index (κ2) is 9.07. The first-order chi connectivity index (χ1) is 7.18. The molecule has 80 valence electrons. The first-order valence-electron chi connectivity index (χ1n) is 4.33. The Morgan fingerprint density at radius 3 is 1.31 bits per heavy atom. The molecule has 0 aromatic heterocycles. The van der Waals surface area contributed by atoms with E-state index in [4.69, 9.17) is 23.2 Å². The van der Waals surface area contributed by atoms with Gasteiger partial charge in [-0.25, -0.2) is 0 Å². The molecular weight excluding hydrogens is 312 g/mol. The van der Waals surface area contributed by atoms with Crippen molar-refractivity contribution in [1.82, 2.24) is 0 Å². The molecule has 4 heteroatoms. The summed E-state index contributed by atoms with van der Waals surface area (Å²) in [6.45, 7) is 0. The van der Waals surface area contributed by atoms with Gasteiger partial charge in [0.2, 0.25) is 0 Å². The molecular formula is C12H10Cl2SZn. The topological polar surface area (TPSA) is 0 Å². The van der Waals surface area contributed by atoms with E-state index in [-0.39, 0.29) is 19.5 Å². The Labute approximate surface area is 124 Å². The van der Waals surface area contributed by atoms with Gasteiger partial charge in [0, 0.05) is 34.4 Å². The molecule has 0 bridgehead atoms. The predicted octanol–water partition coefficient (Wildman–Crippen LogP) is 4.97. The third-order valence-electron chi connectivity index (χ3n) is 1.56. The molecule has 0 saturated heterocycles. The average molecular weight is 323 g/mol. The number of benzene rings is 2. The van der Waals surface area contributed by atoms with Gasteiger partial charge in [-0.15, -0.1) is 12.6 Å². The molecule has 0 aliphatic carbocycles. The molecule has 0 spiro atoms. The summed E-state index contributed by atoms with van der Waals surface area (Å²) in [5, 5.41) is 1.43. The van der Waals surface area contributed by atoms with Gasteiger partial charge in [-0.2, -0.15) is 0 Å². The Kier molecular flexibility index (Phi) is 9.06. The molecule has 16 heavy (non-hydrogen) atoms. The minimum Gasteiger partial charge on any atom is -0.143 e. The Hall–Kier alpha value is -0.00662. The monoisotopic (exact) mass is 320 g/mol. The van der Waals surface area contributed by atoms with Gasteiger partial charge in [0.05, 0.1) is 0 Å². The van der Waals surface area contributed by atoms with Crippen LogP contribution in [0.1, 0.15) is 0 Å². The summed E-state index contributed by atoms with van der Waals surface area (Å²) in [4.78, 5) is 1.02. The van der Waals surface area contributed by atoms with Gasteiger partial charge in [-0.05, 0) is 36.4 Å². The molecule has 0 saturated carbocycles. The van der Waals surface area contributed by atoms with E-state index in [1.807, 2.05) is 30.3 Å². The normalized spacial score (nSPS) is 8.44. The van der Waals surface area contributed by atoms with Crippen molar-refractivity contribution < 1.29 is 19.5 Å². The van der Waals surface area contributed by atoms with Crippen LogP contribution in [0.15, 0.2) is 59.5 Å². The molecule has 2 aromatic rings. The van der Waals surface area contributed by atoms with Gasteiger partial charge in [-0.3, -0.25) is 0 Å². The summed E-state index contributed by atoms with van der Waals surface area (Å²) < 4.78 is 0. The second-order valence-corrected chi connectivity index (χ2v) is 4.16. The van der Waals surface area contributed by atoms with Crippen LogP contribution in [0.5, 0.6) is 0 Å². The van der Waals surface area contributed by atoms with Crippen molar-refractivity contribution in [3.8, 4) is 0 Å². The first-order valence-corrected chi connectivity index (χ1v) is 5.54. The fraction of sp³-hybridized carbons (Fsp3) is 0. The quantitative estimate of drug-likeness (QED) is 0.514. The van der Waals surface area contributed by atoms with Gasteiger partial charge in [0.15, 0.2) is 0 Å². The summed E-state index contributed by atoms with van der Waals surface area (Å²) in [7, 11) is 0. The molecule has 0 fully saturated rings. The number of hydrogen-bond acceptors (Lipinski definition) is 1. The van der Waals surface area contributed by atoms with E-state index in [0.717, 1.165) is 14.9 Å². The Morgan fingerprint density at radius 1 is 0.688 bits per heavy atom. The maximum absolute atomic E-state index is 5.55. The van der Waals surface area contributed by atoms with Crippen LogP contribution in [0, 0.1) is 0 Å². The van der Waals surface area contributed by atoms with Gasteiger partial charge in [0.25, 0.3) is 0 Å². The first kappa shape index (κ1) is 16.0. The molecule has 2 aromatic carbocycles. The van der Waals surface area contributed by atoms with Crippen LogP contribution in [0.2, 0.25) is 10.0 Å². The van der Waals surface area contributed by atoms with Gasteiger partial charge in [0.1, 0.15) is 0 Å². The van der Waals surface area contributed by atoms with Crippen LogP contribution >= 0.6 is 35.8 Å².